The van der Waals surface area contributed by atoms with Crippen LogP contribution in [0.25, 0.3) is 0 Å². The Morgan fingerprint density at radius 1 is 1.21 bits per heavy atom. The van der Waals surface area contributed by atoms with Crippen molar-refractivity contribution in [1.82, 2.24) is 15.6 Å². The van der Waals surface area contributed by atoms with Gasteiger partial charge in [-0.05, 0) is 32.9 Å². The van der Waals surface area contributed by atoms with E-state index in [1.54, 1.807) is 6.20 Å². The molecule has 0 saturated carbocycles. The van der Waals surface area contributed by atoms with Crippen molar-refractivity contribution in [2.45, 2.75) is 59.6 Å². The molecular weight excluding hydrogens is 467 g/mol. The third-order valence-electron chi connectivity index (χ3n) is 3.92. The maximum Gasteiger partial charge on any atom is 0.216 e. The Kier molecular flexibility index (Phi) is 9.78. The average Bonchev–Trinajstić information content (AvgIpc) is 3.09. The summed E-state index contributed by atoms with van der Waals surface area (Å²) in [4.78, 5) is 8.87. The van der Waals surface area contributed by atoms with Crippen LogP contribution in [0.3, 0.4) is 0 Å². The maximum absolute atomic E-state index is 5.93. The molecule has 1 unspecified atom stereocenters. The van der Waals surface area contributed by atoms with Crippen LogP contribution in [0.15, 0.2) is 39.9 Å². The smallest absolute Gasteiger partial charge is 0.216 e. The molecule has 1 atom stereocenters. The van der Waals surface area contributed by atoms with E-state index in [1.807, 2.05) is 38.1 Å². The Bertz CT molecular complexity index is 736. The Balaban J connectivity index is 0.00000392. The lowest BCUT2D eigenvalue weighted by Crippen LogP contribution is -2.41. The van der Waals surface area contributed by atoms with Gasteiger partial charge in [-0.1, -0.05) is 38.5 Å². The molecular formula is C21H33IN4O2. The zero-order valence-electron chi connectivity index (χ0n) is 17.7. The summed E-state index contributed by atoms with van der Waals surface area (Å²) in [5.74, 6) is 3.06. The molecule has 0 bridgehead atoms. The highest BCUT2D eigenvalue weighted by Gasteiger charge is 2.19. The van der Waals surface area contributed by atoms with E-state index >= 15 is 0 Å². The lowest BCUT2D eigenvalue weighted by molar-refractivity contribution is 0.224. The van der Waals surface area contributed by atoms with Crippen molar-refractivity contribution in [3.63, 3.8) is 0 Å². The second-order valence-electron chi connectivity index (χ2n) is 7.69. The number of oxazole rings is 1. The first kappa shape index (κ1) is 24.3. The Hall–Kier alpha value is -1.77. The number of halogens is 1. The average molecular weight is 500 g/mol. The minimum Gasteiger partial charge on any atom is -0.489 e. The summed E-state index contributed by atoms with van der Waals surface area (Å²) in [5.41, 5.74) is 1.16. The van der Waals surface area contributed by atoms with Gasteiger partial charge in [0.1, 0.15) is 24.2 Å². The van der Waals surface area contributed by atoms with E-state index in [-0.39, 0.29) is 35.5 Å². The maximum atomic E-state index is 5.93. The van der Waals surface area contributed by atoms with Crippen LogP contribution in [0.2, 0.25) is 0 Å². The van der Waals surface area contributed by atoms with Crippen molar-refractivity contribution in [2.75, 3.05) is 13.1 Å². The van der Waals surface area contributed by atoms with Crippen LogP contribution in [-0.2, 0) is 12.0 Å². The SMILES string of the molecule is CCNC(=NCc1ncc(C(C)(C)C)o1)NCC(C)Oc1ccc(C)cc1.I. The Morgan fingerprint density at radius 2 is 1.89 bits per heavy atom. The van der Waals surface area contributed by atoms with E-state index in [0.29, 0.717) is 24.9 Å². The number of nitrogens with zero attached hydrogens (tertiary/aromatic N) is 2. The second kappa shape index (κ2) is 11.3. The molecule has 2 N–H and O–H groups in total. The second-order valence-corrected chi connectivity index (χ2v) is 7.69. The number of guanidine groups is 1. The molecule has 0 aliphatic carbocycles. The zero-order chi connectivity index (χ0) is 19.9. The predicted octanol–water partition coefficient (Wildman–Crippen LogP) is 4.42. The first-order chi connectivity index (χ1) is 12.8. The van der Waals surface area contributed by atoms with Crippen molar-refractivity contribution in [3.05, 3.63) is 47.7 Å². The van der Waals surface area contributed by atoms with Crippen LogP contribution in [0.5, 0.6) is 5.75 Å². The van der Waals surface area contributed by atoms with E-state index in [4.69, 9.17) is 9.15 Å². The summed E-state index contributed by atoms with van der Waals surface area (Å²) in [5, 5.41) is 6.53. The number of rotatable bonds is 7. The van der Waals surface area contributed by atoms with Gasteiger partial charge in [0.15, 0.2) is 5.96 Å². The third-order valence-corrected chi connectivity index (χ3v) is 3.92. The van der Waals surface area contributed by atoms with Gasteiger partial charge >= 0.3 is 0 Å². The fourth-order valence-electron chi connectivity index (χ4n) is 2.35. The molecule has 0 aliphatic rings. The van der Waals surface area contributed by atoms with Crippen LogP contribution >= 0.6 is 24.0 Å². The molecule has 0 aliphatic heterocycles. The topological polar surface area (TPSA) is 71.7 Å². The minimum atomic E-state index is -0.0551. The van der Waals surface area contributed by atoms with Gasteiger partial charge in [-0.2, -0.15) is 0 Å². The number of benzene rings is 1. The molecule has 0 saturated heterocycles. The van der Waals surface area contributed by atoms with Gasteiger partial charge < -0.3 is 19.8 Å². The van der Waals surface area contributed by atoms with E-state index < -0.39 is 0 Å². The highest BCUT2D eigenvalue weighted by molar-refractivity contribution is 14.0. The van der Waals surface area contributed by atoms with Crippen LogP contribution in [0.1, 0.15) is 51.8 Å². The molecule has 0 amide bonds. The van der Waals surface area contributed by atoms with Crippen LogP contribution < -0.4 is 15.4 Å². The summed E-state index contributed by atoms with van der Waals surface area (Å²) in [6.07, 6.45) is 1.79. The molecule has 2 aromatic rings. The molecule has 2 rings (SSSR count). The molecule has 0 spiro atoms. The summed E-state index contributed by atoms with van der Waals surface area (Å²) in [6, 6.07) is 8.06. The van der Waals surface area contributed by atoms with E-state index in [9.17, 15) is 0 Å². The van der Waals surface area contributed by atoms with Gasteiger partial charge in [0, 0.05) is 12.0 Å². The van der Waals surface area contributed by atoms with Gasteiger partial charge in [-0.3, -0.25) is 0 Å². The standard InChI is InChI=1S/C21H32N4O2.HI/c1-7-22-20(25-14-19-23-13-18(27-19)21(4,5)6)24-12-16(3)26-17-10-8-15(2)9-11-17;/h8-11,13,16H,7,12,14H2,1-6H3,(H2,22,24,25);1H. The first-order valence-corrected chi connectivity index (χ1v) is 9.48. The number of nitrogens with one attached hydrogen (secondary N) is 2. The van der Waals surface area contributed by atoms with Crippen molar-refractivity contribution in [2.24, 2.45) is 4.99 Å². The van der Waals surface area contributed by atoms with Gasteiger partial charge in [-0.25, -0.2) is 9.98 Å². The Morgan fingerprint density at radius 3 is 2.46 bits per heavy atom. The van der Waals surface area contributed by atoms with Gasteiger partial charge in [-0.15, -0.1) is 24.0 Å². The highest BCUT2D eigenvalue weighted by atomic mass is 127. The molecule has 0 radical (unpaired) electrons. The van der Waals surface area contributed by atoms with Gasteiger partial charge in [0.2, 0.25) is 5.89 Å². The van der Waals surface area contributed by atoms with Gasteiger partial charge in [0.05, 0.1) is 12.7 Å². The summed E-state index contributed by atoms with van der Waals surface area (Å²) in [6.45, 7) is 14.2. The normalized spacial score (nSPS) is 12.9. The number of ether oxygens (including phenoxy) is 1. The molecule has 1 aromatic heterocycles. The van der Waals surface area contributed by atoms with Gasteiger partial charge in [0.25, 0.3) is 0 Å². The summed E-state index contributed by atoms with van der Waals surface area (Å²) in [7, 11) is 0. The summed E-state index contributed by atoms with van der Waals surface area (Å²) < 4.78 is 11.7. The van der Waals surface area contributed by atoms with Crippen molar-refractivity contribution in [1.29, 1.82) is 0 Å². The first-order valence-electron chi connectivity index (χ1n) is 9.48. The zero-order valence-corrected chi connectivity index (χ0v) is 20.0. The number of aliphatic imine (C=N–C) groups is 1. The molecule has 7 heteroatoms. The largest absolute Gasteiger partial charge is 0.489 e. The van der Waals surface area contributed by atoms with E-state index in [1.165, 1.54) is 5.56 Å². The molecule has 0 fully saturated rings. The quantitative estimate of drug-likeness (QED) is 0.335. The van der Waals surface area contributed by atoms with Crippen LogP contribution in [-0.4, -0.2) is 30.1 Å². The fraction of sp³-hybridized carbons (Fsp3) is 0.524. The van der Waals surface area contributed by atoms with Crippen molar-refractivity contribution in [3.8, 4) is 5.75 Å². The third kappa shape index (κ3) is 8.08. The number of hydrogen-bond donors (Lipinski definition) is 2. The van der Waals surface area contributed by atoms with Crippen molar-refractivity contribution < 1.29 is 9.15 Å². The molecule has 1 heterocycles. The molecule has 156 valence electrons. The summed E-state index contributed by atoms with van der Waals surface area (Å²) >= 11 is 0. The predicted molar refractivity (Wildman–Crippen MR) is 125 cm³/mol. The van der Waals surface area contributed by atoms with Crippen LogP contribution in [0, 0.1) is 6.92 Å². The van der Waals surface area contributed by atoms with E-state index in [2.05, 4.69) is 48.3 Å². The molecule has 6 nitrogen and oxygen atoms in total. The minimum absolute atomic E-state index is 0. The number of aryl methyl sites for hydroxylation is 1. The molecule has 28 heavy (non-hydrogen) atoms. The lowest BCUT2D eigenvalue weighted by atomic mass is 9.94. The highest BCUT2D eigenvalue weighted by Crippen LogP contribution is 2.22. The lowest BCUT2D eigenvalue weighted by Gasteiger charge is -2.17. The van der Waals surface area contributed by atoms with E-state index in [0.717, 1.165) is 18.1 Å². The Labute approximate surface area is 185 Å². The number of aromatic nitrogens is 1. The fourth-order valence-corrected chi connectivity index (χ4v) is 2.35. The van der Waals surface area contributed by atoms with Crippen molar-refractivity contribution >= 4 is 29.9 Å². The van der Waals surface area contributed by atoms with Crippen LogP contribution in [0.4, 0.5) is 0 Å². The monoisotopic (exact) mass is 500 g/mol. The molecule has 1 aromatic carbocycles. The number of hydrogen-bond acceptors (Lipinski definition) is 4.